The van der Waals surface area contributed by atoms with E-state index in [1.807, 2.05) is 0 Å². The molecule has 0 fully saturated rings. The number of carbonyl (C=O) groups is 1. The first-order chi connectivity index (χ1) is 20.6. The number of nitrogens with zero attached hydrogens (tertiary/aromatic N) is 2. The standard InChI is InChI=1S/C32H27F2N3O6/c1-16-28(21-7-6-20(33)13-19(21)15-38)31(40)29(17(2)36-16)24(39)12-18-5-8-25(22(34)11-18)43-26-9-10-35-23-14-27(41-3)32(42-4)37-30(23)26/h5-11,13-14,38H,12,15H2,1-4H3,(H,36,40). The van der Waals surface area contributed by atoms with Gasteiger partial charge >= 0.3 is 0 Å². The second kappa shape index (κ2) is 12.0. The molecule has 9 nitrogen and oxygen atoms in total. The Hall–Kier alpha value is -5.16. The van der Waals surface area contributed by atoms with Crippen molar-refractivity contribution >= 4 is 16.8 Å². The average Bonchev–Trinajstić information content (AvgIpc) is 2.98. The van der Waals surface area contributed by atoms with Gasteiger partial charge in [-0.2, -0.15) is 0 Å². The molecule has 3 aromatic heterocycles. The van der Waals surface area contributed by atoms with Gasteiger partial charge in [0.1, 0.15) is 11.3 Å². The zero-order valence-corrected chi connectivity index (χ0v) is 23.7. The van der Waals surface area contributed by atoms with Crippen LogP contribution in [0.2, 0.25) is 0 Å². The predicted molar refractivity (Wildman–Crippen MR) is 155 cm³/mol. The fourth-order valence-corrected chi connectivity index (χ4v) is 4.99. The topological polar surface area (TPSA) is 124 Å². The molecule has 0 aliphatic heterocycles. The molecule has 0 spiro atoms. The Morgan fingerprint density at radius 2 is 1.74 bits per heavy atom. The van der Waals surface area contributed by atoms with E-state index in [0.717, 1.165) is 12.1 Å². The van der Waals surface area contributed by atoms with Crippen molar-refractivity contribution in [1.82, 2.24) is 15.0 Å². The number of methoxy groups -OCH3 is 2. The fraction of sp³-hybridized carbons (Fsp3) is 0.188. The molecule has 0 atom stereocenters. The van der Waals surface area contributed by atoms with Crippen LogP contribution < -0.4 is 19.6 Å². The number of halogens is 2. The Labute approximate surface area is 244 Å². The summed E-state index contributed by atoms with van der Waals surface area (Å²) in [5.74, 6) is -1.13. The largest absolute Gasteiger partial charge is 0.491 e. The number of Topliss-reactive ketones (excluding diaryl/α,β-unsaturated/α-hetero) is 1. The van der Waals surface area contributed by atoms with Crippen LogP contribution in [0, 0.1) is 25.5 Å². The number of carbonyl (C=O) groups excluding carboxylic acids is 1. The van der Waals surface area contributed by atoms with E-state index in [0.29, 0.717) is 39.3 Å². The van der Waals surface area contributed by atoms with Gasteiger partial charge in [0, 0.05) is 41.7 Å². The van der Waals surface area contributed by atoms with Gasteiger partial charge in [-0.15, -0.1) is 0 Å². The lowest BCUT2D eigenvalue weighted by atomic mass is 9.93. The van der Waals surface area contributed by atoms with Gasteiger partial charge in [0.2, 0.25) is 5.43 Å². The van der Waals surface area contributed by atoms with Crippen LogP contribution in [0.3, 0.4) is 0 Å². The van der Waals surface area contributed by atoms with E-state index >= 15 is 4.39 Å². The maximum Gasteiger partial charge on any atom is 0.257 e. The van der Waals surface area contributed by atoms with Gasteiger partial charge in [-0.05, 0) is 54.8 Å². The molecule has 5 rings (SSSR count). The summed E-state index contributed by atoms with van der Waals surface area (Å²) in [5, 5.41) is 9.74. The molecule has 0 bridgehead atoms. The first-order valence-corrected chi connectivity index (χ1v) is 13.2. The minimum Gasteiger partial charge on any atom is -0.491 e. The Kier molecular flexibility index (Phi) is 8.18. The molecule has 5 aromatic rings. The molecule has 11 heteroatoms. The number of nitrogens with one attached hydrogen (secondary N) is 1. The summed E-state index contributed by atoms with van der Waals surface area (Å²) in [6, 6.07) is 10.9. The molecule has 2 N–H and O–H groups in total. The van der Waals surface area contributed by atoms with Crippen molar-refractivity contribution in [2.75, 3.05) is 14.2 Å². The molecule has 0 aliphatic carbocycles. The molecule has 0 saturated heterocycles. The number of benzene rings is 2. The van der Waals surface area contributed by atoms with Crippen molar-refractivity contribution in [3.05, 3.63) is 105 Å². The van der Waals surface area contributed by atoms with E-state index in [-0.39, 0.29) is 40.5 Å². The van der Waals surface area contributed by atoms with Crippen molar-refractivity contribution in [2.45, 2.75) is 26.9 Å². The second-order valence-electron chi connectivity index (χ2n) is 9.76. The zero-order chi connectivity index (χ0) is 30.8. The SMILES string of the molecule is COc1cc2nccc(Oc3ccc(CC(=O)c4c(C)[nH]c(C)c(-c5ccc(F)cc5CO)c4=O)cc3F)c2nc1OC. The molecule has 0 amide bonds. The number of rotatable bonds is 9. The highest BCUT2D eigenvalue weighted by molar-refractivity contribution is 5.99. The molecule has 0 unspecified atom stereocenters. The molecule has 43 heavy (non-hydrogen) atoms. The number of ketones is 1. The summed E-state index contributed by atoms with van der Waals surface area (Å²) in [4.78, 5) is 38.6. The smallest absolute Gasteiger partial charge is 0.257 e. The molecule has 220 valence electrons. The first-order valence-electron chi connectivity index (χ1n) is 13.2. The second-order valence-corrected chi connectivity index (χ2v) is 9.76. The van der Waals surface area contributed by atoms with Crippen molar-refractivity contribution in [3.8, 4) is 34.3 Å². The molecule has 0 aliphatic rings. The van der Waals surface area contributed by atoms with Crippen LogP contribution in [0.4, 0.5) is 8.78 Å². The number of aliphatic hydroxyl groups excluding tert-OH is 1. The number of aromatic amines is 1. The number of aliphatic hydroxyl groups is 1. The van der Waals surface area contributed by atoms with Crippen molar-refractivity contribution in [1.29, 1.82) is 0 Å². The Morgan fingerprint density at radius 1 is 0.953 bits per heavy atom. The lowest BCUT2D eigenvalue weighted by Gasteiger charge is -2.14. The van der Waals surface area contributed by atoms with Gasteiger partial charge in [0.05, 0.1) is 31.9 Å². The van der Waals surface area contributed by atoms with E-state index in [1.165, 1.54) is 50.7 Å². The summed E-state index contributed by atoms with van der Waals surface area (Å²) in [5.41, 5.74) is 1.91. The number of fused-ring (bicyclic) bond motifs is 1. The quantitative estimate of drug-likeness (QED) is 0.214. The normalized spacial score (nSPS) is 11.0. The highest BCUT2D eigenvalue weighted by Gasteiger charge is 2.22. The summed E-state index contributed by atoms with van der Waals surface area (Å²) in [7, 11) is 2.91. The van der Waals surface area contributed by atoms with Crippen LogP contribution in [0.5, 0.6) is 23.1 Å². The minimum atomic E-state index is -0.732. The minimum absolute atomic E-state index is 0.103. The van der Waals surface area contributed by atoms with Crippen molar-refractivity contribution in [2.24, 2.45) is 0 Å². The van der Waals surface area contributed by atoms with Crippen molar-refractivity contribution in [3.63, 3.8) is 0 Å². The molecule has 3 heterocycles. The fourth-order valence-electron chi connectivity index (χ4n) is 4.99. The maximum absolute atomic E-state index is 15.2. The Bertz CT molecular complexity index is 1940. The third kappa shape index (κ3) is 5.67. The zero-order valence-electron chi connectivity index (χ0n) is 23.7. The van der Waals surface area contributed by atoms with Gasteiger partial charge in [0.25, 0.3) is 5.88 Å². The van der Waals surface area contributed by atoms with Gasteiger partial charge in [-0.25, -0.2) is 13.8 Å². The molecule has 0 saturated carbocycles. The number of hydrogen-bond donors (Lipinski definition) is 2. The number of aromatic nitrogens is 3. The summed E-state index contributed by atoms with van der Waals surface area (Å²) in [6.07, 6.45) is 1.22. The van der Waals surface area contributed by atoms with Crippen LogP contribution in [0.15, 0.2) is 59.5 Å². The number of hydrogen-bond acceptors (Lipinski definition) is 8. The van der Waals surface area contributed by atoms with Gasteiger partial charge in [0.15, 0.2) is 28.8 Å². The summed E-state index contributed by atoms with van der Waals surface area (Å²) in [6.45, 7) is 2.76. The van der Waals surface area contributed by atoms with Gasteiger partial charge in [-0.1, -0.05) is 12.1 Å². The third-order valence-corrected chi connectivity index (χ3v) is 6.97. The van der Waals surface area contributed by atoms with E-state index in [9.17, 15) is 19.1 Å². The average molecular weight is 588 g/mol. The monoisotopic (exact) mass is 587 g/mol. The lowest BCUT2D eigenvalue weighted by molar-refractivity contribution is 0.0991. The molecule has 2 aromatic carbocycles. The van der Waals surface area contributed by atoms with E-state index in [2.05, 4.69) is 15.0 Å². The van der Waals surface area contributed by atoms with E-state index < -0.39 is 29.5 Å². The number of aryl methyl sites for hydroxylation is 2. The first kappa shape index (κ1) is 29.3. The van der Waals surface area contributed by atoms with Crippen LogP contribution in [-0.2, 0) is 13.0 Å². The number of H-pyrrole nitrogens is 1. The van der Waals surface area contributed by atoms with Crippen LogP contribution in [-0.4, -0.2) is 40.1 Å². The highest BCUT2D eigenvalue weighted by atomic mass is 19.1. The molecular weight excluding hydrogens is 560 g/mol. The van der Waals surface area contributed by atoms with Gasteiger partial charge in [-0.3, -0.25) is 14.6 Å². The Morgan fingerprint density at radius 3 is 2.44 bits per heavy atom. The predicted octanol–water partition coefficient (Wildman–Crippen LogP) is 5.61. The van der Waals surface area contributed by atoms with Crippen LogP contribution >= 0.6 is 0 Å². The van der Waals surface area contributed by atoms with Gasteiger partial charge < -0.3 is 24.3 Å². The van der Waals surface area contributed by atoms with Crippen molar-refractivity contribution < 1.29 is 32.9 Å². The Balaban J connectivity index is 1.44. The number of ether oxygens (including phenoxy) is 3. The number of pyridine rings is 3. The van der Waals surface area contributed by atoms with E-state index in [4.69, 9.17) is 14.2 Å². The van der Waals surface area contributed by atoms with Crippen LogP contribution in [0.25, 0.3) is 22.2 Å². The lowest BCUT2D eigenvalue weighted by Crippen LogP contribution is -2.23. The summed E-state index contributed by atoms with van der Waals surface area (Å²) >= 11 is 0. The maximum atomic E-state index is 15.2. The van der Waals surface area contributed by atoms with E-state index in [1.54, 1.807) is 19.9 Å². The third-order valence-electron chi connectivity index (χ3n) is 6.97. The highest BCUT2D eigenvalue weighted by Crippen LogP contribution is 2.35. The molecule has 0 radical (unpaired) electrons. The summed E-state index contributed by atoms with van der Waals surface area (Å²) < 4.78 is 45.3. The molecular formula is C32H27F2N3O6. The van der Waals surface area contributed by atoms with Crippen LogP contribution in [0.1, 0.15) is 32.9 Å².